The van der Waals surface area contributed by atoms with Crippen LogP contribution in [0.5, 0.6) is 0 Å². The highest BCUT2D eigenvalue weighted by Crippen LogP contribution is 2.63. The van der Waals surface area contributed by atoms with Crippen LogP contribution in [0, 0.1) is 40.9 Å². The standard InChI is InChI=1S/C20H32/c1-12(2)14(4)13(3)9-10-18-15(5)17-11-19(16(17)6)20(18,7)8/h9-10,13-14,16-19H,1,5,11H2,2-4,6-8H3. The zero-order valence-electron chi connectivity index (χ0n) is 14.2. The summed E-state index contributed by atoms with van der Waals surface area (Å²) in [5, 5.41) is 0. The van der Waals surface area contributed by atoms with Crippen molar-refractivity contribution in [3.63, 3.8) is 0 Å². The van der Waals surface area contributed by atoms with Gasteiger partial charge in [-0.2, -0.15) is 0 Å². The number of hydrogen-bond donors (Lipinski definition) is 0. The van der Waals surface area contributed by atoms with Gasteiger partial charge >= 0.3 is 0 Å². The molecule has 0 aliphatic heterocycles. The lowest BCUT2D eigenvalue weighted by Crippen LogP contribution is -2.54. The van der Waals surface area contributed by atoms with Gasteiger partial charge in [0.2, 0.25) is 0 Å². The van der Waals surface area contributed by atoms with Crippen LogP contribution >= 0.6 is 0 Å². The molecule has 112 valence electrons. The summed E-state index contributed by atoms with van der Waals surface area (Å²) in [5.74, 6) is 4.17. The highest BCUT2D eigenvalue weighted by molar-refractivity contribution is 5.28. The highest BCUT2D eigenvalue weighted by atomic mass is 14.6. The molecule has 0 nitrogen and oxygen atoms in total. The summed E-state index contributed by atoms with van der Waals surface area (Å²) in [5.41, 5.74) is 3.13. The molecule has 6 atom stereocenters. The zero-order chi connectivity index (χ0) is 15.2. The van der Waals surface area contributed by atoms with E-state index < -0.39 is 0 Å². The van der Waals surface area contributed by atoms with Crippen LogP contribution in [-0.4, -0.2) is 0 Å². The number of fused-ring (bicyclic) bond motifs is 2. The Kier molecular flexibility index (Phi) is 4.06. The Balaban J connectivity index is 2.13. The molecule has 0 radical (unpaired) electrons. The fourth-order valence-electron chi connectivity index (χ4n) is 4.47. The van der Waals surface area contributed by atoms with Crippen molar-refractivity contribution in [2.24, 2.45) is 40.9 Å². The molecule has 3 aliphatic carbocycles. The summed E-state index contributed by atoms with van der Waals surface area (Å²) >= 11 is 0. The summed E-state index contributed by atoms with van der Waals surface area (Å²) < 4.78 is 0. The molecule has 3 fully saturated rings. The normalized spacial score (nSPS) is 38.4. The first-order valence-electron chi connectivity index (χ1n) is 8.20. The Morgan fingerprint density at radius 1 is 1.35 bits per heavy atom. The van der Waals surface area contributed by atoms with E-state index in [-0.39, 0.29) is 0 Å². The van der Waals surface area contributed by atoms with E-state index >= 15 is 0 Å². The maximum absolute atomic E-state index is 4.45. The molecule has 3 aliphatic rings. The molecule has 0 saturated heterocycles. The molecule has 0 heteroatoms. The highest BCUT2D eigenvalue weighted by Gasteiger charge is 2.56. The quantitative estimate of drug-likeness (QED) is 0.561. The van der Waals surface area contributed by atoms with Crippen molar-refractivity contribution in [2.75, 3.05) is 0 Å². The van der Waals surface area contributed by atoms with Gasteiger partial charge in [-0.1, -0.05) is 71.1 Å². The van der Waals surface area contributed by atoms with E-state index in [2.05, 4.69) is 66.9 Å². The van der Waals surface area contributed by atoms with Crippen LogP contribution in [0.2, 0.25) is 0 Å². The second-order valence-corrected chi connectivity index (χ2v) is 8.06. The van der Waals surface area contributed by atoms with Crippen molar-refractivity contribution in [3.05, 3.63) is 36.5 Å². The van der Waals surface area contributed by atoms with Gasteiger partial charge < -0.3 is 0 Å². The van der Waals surface area contributed by atoms with Gasteiger partial charge in [-0.25, -0.2) is 0 Å². The smallest absolute Gasteiger partial charge is 0.00310 e. The Morgan fingerprint density at radius 2 is 1.95 bits per heavy atom. The van der Waals surface area contributed by atoms with Crippen molar-refractivity contribution in [3.8, 4) is 0 Å². The monoisotopic (exact) mass is 272 g/mol. The first-order chi connectivity index (χ1) is 9.17. The van der Waals surface area contributed by atoms with Crippen LogP contribution in [0.4, 0.5) is 0 Å². The Morgan fingerprint density at radius 3 is 2.40 bits per heavy atom. The predicted molar refractivity (Wildman–Crippen MR) is 89.5 cm³/mol. The van der Waals surface area contributed by atoms with Gasteiger partial charge in [-0.3, -0.25) is 0 Å². The molecule has 6 unspecified atom stereocenters. The molecular weight excluding hydrogens is 240 g/mol. The average Bonchev–Trinajstić information content (AvgIpc) is 2.33. The van der Waals surface area contributed by atoms with Gasteiger partial charge in [0.1, 0.15) is 0 Å². The Labute approximate surface area is 126 Å². The molecule has 0 heterocycles. The van der Waals surface area contributed by atoms with Gasteiger partial charge in [-0.15, -0.1) is 0 Å². The van der Waals surface area contributed by atoms with Crippen LogP contribution < -0.4 is 0 Å². The average molecular weight is 272 g/mol. The molecule has 2 bridgehead atoms. The maximum Gasteiger partial charge on any atom is 0.00310 e. The van der Waals surface area contributed by atoms with Gasteiger partial charge in [0.15, 0.2) is 0 Å². The first kappa shape index (κ1) is 15.6. The summed E-state index contributed by atoms with van der Waals surface area (Å²) in [6.07, 6.45) is 6.24. The zero-order valence-corrected chi connectivity index (χ0v) is 14.2. The number of rotatable bonds is 4. The van der Waals surface area contributed by atoms with Crippen molar-refractivity contribution < 1.29 is 0 Å². The van der Waals surface area contributed by atoms with Crippen LogP contribution in [0.25, 0.3) is 0 Å². The van der Waals surface area contributed by atoms with E-state index in [1.165, 1.54) is 17.6 Å². The summed E-state index contributed by atoms with van der Waals surface area (Å²) in [6, 6.07) is 0. The molecule has 3 saturated carbocycles. The minimum atomic E-state index is 0.369. The molecule has 0 aromatic carbocycles. The number of hydrogen-bond acceptors (Lipinski definition) is 0. The second-order valence-electron chi connectivity index (χ2n) is 8.06. The van der Waals surface area contributed by atoms with E-state index in [4.69, 9.17) is 0 Å². The molecule has 3 rings (SSSR count). The molecule has 20 heavy (non-hydrogen) atoms. The minimum absolute atomic E-state index is 0.369. The second kappa shape index (κ2) is 5.20. The van der Waals surface area contributed by atoms with Gasteiger partial charge in [0.25, 0.3) is 0 Å². The van der Waals surface area contributed by atoms with E-state index in [1.807, 2.05) is 0 Å². The molecule has 0 amide bonds. The van der Waals surface area contributed by atoms with E-state index in [1.54, 1.807) is 0 Å². The van der Waals surface area contributed by atoms with Gasteiger partial charge in [-0.05, 0) is 48.3 Å². The summed E-state index contributed by atoms with van der Waals surface area (Å²) in [7, 11) is 0. The van der Waals surface area contributed by atoms with E-state index in [0.29, 0.717) is 23.2 Å². The van der Waals surface area contributed by atoms with Gasteiger partial charge in [0.05, 0.1) is 0 Å². The van der Waals surface area contributed by atoms with Crippen molar-refractivity contribution in [1.29, 1.82) is 0 Å². The summed E-state index contributed by atoms with van der Waals surface area (Å²) in [6.45, 7) is 22.6. The van der Waals surface area contributed by atoms with E-state index in [9.17, 15) is 0 Å². The van der Waals surface area contributed by atoms with Crippen LogP contribution in [0.15, 0.2) is 36.5 Å². The lowest BCUT2D eigenvalue weighted by molar-refractivity contribution is -0.0565. The third-order valence-corrected chi connectivity index (χ3v) is 6.58. The van der Waals surface area contributed by atoms with Crippen molar-refractivity contribution in [2.45, 2.75) is 48.0 Å². The third kappa shape index (κ3) is 2.32. The van der Waals surface area contributed by atoms with Gasteiger partial charge in [0, 0.05) is 5.92 Å². The lowest BCUT2D eigenvalue weighted by Gasteiger charge is -2.61. The Bertz CT molecular complexity index is 437. The largest absolute Gasteiger partial charge is 0.0998 e. The topological polar surface area (TPSA) is 0 Å². The van der Waals surface area contributed by atoms with Crippen LogP contribution in [0.3, 0.4) is 0 Å². The fraction of sp³-hybridized carbons (Fsp3) is 0.700. The fourth-order valence-corrected chi connectivity index (χ4v) is 4.47. The van der Waals surface area contributed by atoms with Crippen molar-refractivity contribution >= 4 is 0 Å². The molecular formula is C20H32. The molecule has 0 aromatic rings. The van der Waals surface area contributed by atoms with E-state index in [0.717, 1.165) is 17.8 Å². The lowest BCUT2D eigenvalue weighted by atomic mass is 9.43. The molecule has 0 spiro atoms. The van der Waals surface area contributed by atoms with Crippen molar-refractivity contribution in [1.82, 2.24) is 0 Å². The van der Waals surface area contributed by atoms with Crippen LogP contribution in [-0.2, 0) is 0 Å². The molecule has 0 N–H and O–H groups in total. The van der Waals surface area contributed by atoms with Crippen LogP contribution in [0.1, 0.15) is 48.0 Å². The molecule has 0 aromatic heterocycles. The SMILES string of the molecule is C=C(C)C(C)C(C)C=CC1C(=C)C2CC(C2C)C1(C)C. The Hall–Kier alpha value is -0.780. The minimum Gasteiger partial charge on any atom is -0.0998 e. The maximum atomic E-state index is 4.45. The predicted octanol–water partition coefficient (Wildman–Crippen LogP) is 5.88. The third-order valence-electron chi connectivity index (χ3n) is 6.58. The first-order valence-corrected chi connectivity index (χ1v) is 8.20. The number of allylic oxidation sites excluding steroid dienone is 4. The summed E-state index contributed by atoms with van der Waals surface area (Å²) in [4.78, 5) is 0.